The molecule has 2 aliphatic heterocycles. The van der Waals surface area contributed by atoms with Gasteiger partial charge in [-0.05, 0) is 81.3 Å². The number of nitrogens with one attached hydrogen (secondary N) is 1. The minimum atomic E-state index is -3.94. The third kappa shape index (κ3) is 9.48. The van der Waals surface area contributed by atoms with Crippen molar-refractivity contribution in [3.63, 3.8) is 0 Å². The van der Waals surface area contributed by atoms with Crippen molar-refractivity contribution < 1.29 is 37.0 Å². The summed E-state index contributed by atoms with van der Waals surface area (Å²) in [4.78, 5) is 45.3. The number of amides is 3. The molecule has 13 nitrogen and oxygen atoms in total. The number of methoxy groups -OCH3 is 1. The molecule has 2 heterocycles. The highest BCUT2D eigenvalue weighted by molar-refractivity contribution is 7.89. The largest absolute Gasteiger partial charge is 0.495 e. The van der Waals surface area contributed by atoms with Gasteiger partial charge in [-0.15, -0.1) is 0 Å². The van der Waals surface area contributed by atoms with Crippen molar-refractivity contribution in [3.8, 4) is 11.5 Å². The first-order chi connectivity index (χ1) is 25.0. The van der Waals surface area contributed by atoms with E-state index >= 15 is 0 Å². The fraction of sp³-hybridized carbons (Fsp3) is 0.447. The van der Waals surface area contributed by atoms with E-state index in [9.17, 15) is 22.8 Å². The highest BCUT2D eigenvalue weighted by Crippen LogP contribution is 2.32. The van der Waals surface area contributed by atoms with Gasteiger partial charge in [0.05, 0.1) is 48.8 Å². The van der Waals surface area contributed by atoms with E-state index in [0.717, 1.165) is 51.0 Å². The Labute approximate surface area is 306 Å². The second kappa shape index (κ2) is 17.8. The number of morpholine rings is 1. The topological polar surface area (TPSA) is 138 Å². The summed E-state index contributed by atoms with van der Waals surface area (Å²) in [5.74, 6) is 0.0557. The number of hydrogen-bond donors (Lipinski definition) is 1. The lowest BCUT2D eigenvalue weighted by molar-refractivity contribution is -0.132. The number of rotatable bonds is 14. The van der Waals surface area contributed by atoms with Gasteiger partial charge in [-0.3, -0.25) is 14.4 Å². The van der Waals surface area contributed by atoms with Gasteiger partial charge in [-0.1, -0.05) is 18.2 Å². The predicted octanol–water partition coefficient (Wildman–Crippen LogP) is 4.27. The van der Waals surface area contributed by atoms with E-state index in [2.05, 4.69) is 17.3 Å². The molecule has 52 heavy (non-hydrogen) atoms. The van der Waals surface area contributed by atoms with Gasteiger partial charge in [0.2, 0.25) is 15.9 Å². The first-order valence-electron chi connectivity index (χ1n) is 17.6. The fourth-order valence-corrected chi connectivity index (χ4v) is 7.79. The minimum absolute atomic E-state index is 0.0121. The lowest BCUT2D eigenvalue weighted by Gasteiger charge is -2.32. The van der Waals surface area contributed by atoms with Crippen LogP contribution in [0.4, 0.5) is 11.4 Å². The van der Waals surface area contributed by atoms with E-state index in [0.29, 0.717) is 30.0 Å². The van der Waals surface area contributed by atoms with Gasteiger partial charge in [0, 0.05) is 58.3 Å². The molecule has 2 fully saturated rings. The molecule has 0 atom stereocenters. The maximum absolute atomic E-state index is 13.7. The number of anilines is 2. The molecule has 2 aliphatic rings. The predicted molar refractivity (Wildman–Crippen MR) is 199 cm³/mol. The van der Waals surface area contributed by atoms with E-state index in [1.165, 1.54) is 34.5 Å². The molecule has 0 saturated carbocycles. The number of hydrogen-bond acceptors (Lipinski definition) is 9. The van der Waals surface area contributed by atoms with Crippen molar-refractivity contribution in [1.82, 2.24) is 14.1 Å². The molecule has 0 aliphatic carbocycles. The number of piperazine rings is 1. The third-order valence-corrected chi connectivity index (χ3v) is 11.3. The monoisotopic (exact) mass is 735 g/mol. The van der Waals surface area contributed by atoms with E-state index in [-0.39, 0.29) is 60.0 Å². The zero-order valence-corrected chi connectivity index (χ0v) is 31.2. The van der Waals surface area contributed by atoms with Gasteiger partial charge in [0.1, 0.15) is 11.5 Å². The van der Waals surface area contributed by atoms with Crippen molar-refractivity contribution in [2.75, 3.05) is 90.5 Å². The minimum Gasteiger partial charge on any atom is -0.495 e. The van der Waals surface area contributed by atoms with Crippen LogP contribution in [0.1, 0.15) is 52.0 Å². The van der Waals surface area contributed by atoms with Gasteiger partial charge < -0.3 is 34.2 Å². The Hall–Kier alpha value is -4.50. The second-order valence-electron chi connectivity index (χ2n) is 13.1. The number of likely N-dealkylation sites (N-methyl/N-ethyl adjacent to an activating group) is 1. The Balaban J connectivity index is 1.21. The zero-order valence-electron chi connectivity index (χ0n) is 30.4. The van der Waals surface area contributed by atoms with Gasteiger partial charge in [-0.25, -0.2) is 8.42 Å². The molecule has 0 aromatic heterocycles. The average Bonchev–Trinajstić information content (AvgIpc) is 3.16. The molecular formula is C38H49N5O8S. The number of nitrogens with zero attached hydrogens (tertiary/aromatic N) is 4. The SMILES string of the molecule is COc1cc(C(=O)N(C)c2ccc(C)cc2OCCCCCC(=O)N2CCN(C)CC2)ccc1NC(=O)c1ccccc1S(=O)(=O)N1CCOCC1. The van der Waals surface area contributed by atoms with Gasteiger partial charge in [0.15, 0.2) is 0 Å². The first kappa shape index (κ1) is 38.7. The van der Waals surface area contributed by atoms with Crippen LogP contribution >= 0.6 is 0 Å². The van der Waals surface area contributed by atoms with E-state index in [1.807, 2.05) is 30.0 Å². The average molecular weight is 736 g/mol. The Kier molecular flexibility index (Phi) is 13.3. The lowest BCUT2D eigenvalue weighted by Crippen LogP contribution is -2.47. The van der Waals surface area contributed by atoms with Crippen LogP contribution in [-0.2, 0) is 19.6 Å². The molecule has 0 unspecified atom stereocenters. The Morgan fingerprint density at radius 2 is 1.62 bits per heavy atom. The molecule has 3 aromatic rings. The number of carbonyl (C=O) groups is 3. The van der Waals surface area contributed by atoms with E-state index < -0.39 is 15.9 Å². The maximum Gasteiger partial charge on any atom is 0.258 e. The zero-order chi connectivity index (χ0) is 37.3. The van der Waals surface area contributed by atoms with Crippen LogP contribution in [-0.4, -0.2) is 121 Å². The summed E-state index contributed by atoms with van der Waals surface area (Å²) < 4.78 is 45.1. The first-order valence-corrected chi connectivity index (χ1v) is 19.1. The maximum atomic E-state index is 13.7. The molecule has 0 spiro atoms. The standard InChI is InChI=1S/C38H49N5O8S/c1-28-13-16-32(34(26-28)51-23-9-5-6-12-36(44)42-19-17-40(2)18-20-42)41(3)38(46)29-14-15-31(33(27-29)49-4)39-37(45)30-10-7-8-11-35(30)52(47,48)43-21-24-50-25-22-43/h7-8,10-11,13-16,26-27H,5-6,9,12,17-25H2,1-4H3,(H,39,45). The van der Waals surface area contributed by atoms with Crippen LogP contribution in [0.15, 0.2) is 65.6 Å². The highest BCUT2D eigenvalue weighted by Gasteiger charge is 2.30. The summed E-state index contributed by atoms with van der Waals surface area (Å²) in [7, 11) is 1.22. The van der Waals surface area contributed by atoms with Crippen LogP contribution in [0.3, 0.4) is 0 Å². The molecule has 2 saturated heterocycles. The summed E-state index contributed by atoms with van der Waals surface area (Å²) in [5, 5.41) is 2.76. The summed E-state index contributed by atoms with van der Waals surface area (Å²) in [5.41, 5.74) is 2.15. The van der Waals surface area contributed by atoms with Crippen molar-refractivity contribution in [2.24, 2.45) is 0 Å². The number of carbonyl (C=O) groups excluding carboxylic acids is 3. The van der Waals surface area contributed by atoms with Crippen LogP contribution in [0.5, 0.6) is 11.5 Å². The van der Waals surface area contributed by atoms with Gasteiger partial charge in [0.25, 0.3) is 11.8 Å². The lowest BCUT2D eigenvalue weighted by atomic mass is 10.1. The fourth-order valence-electron chi connectivity index (χ4n) is 6.19. The van der Waals surface area contributed by atoms with Crippen molar-refractivity contribution >= 4 is 39.1 Å². The van der Waals surface area contributed by atoms with Crippen molar-refractivity contribution in [3.05, 3.63) is 77.4 Å². The number of benzene rings is 3. The molecule has 3 aromatic carbocycles. The number of sulfonamides is 1. The van der Waals surface area contributed by atoms with Crippen LogP contribution in [0.2, 0.25) is 0 Å². The Morgan fingerprint density at radius 3 is 2.35 bits per heavy atom. The van der Waals surface area contributed by atoms with Crippen molar-refractivity contribution in [1.29, 1.82) is 0 Å². The van der Waals surface area contributed by atoms with Crippen LogP contribution in [0, 0.1) is 6.92 Å². The van der Waals surface area contributed by atoms with Gasteiger partial charge >= 0.3 is 0 Å². The Morgan fingerprint density at radius 1 is 0.885 bits per heavy atom. The van der Waals surface area contributed by atoms with Crippen LogP contribution < -0.4 is 19.7 Å². The number of aryl methyl sites for hydroxylation is 1. The summed E-state index contributed by atoms with van der Waals surface area (Å²) in [6.45, 7) is 6.76. The van der Waals surface area contributed by atoms with Crippen LogP contribution in [0.25, 0.3) is 0 Å². The highest BCUT2D eigenvalue weighted by atomic mass is 32.2. The van der Waals surface area contributed by atoms with Crippen molar-refractivity contribution in [2.45, 2.75) is 37.5 Å². The smallest absolute Gasteiger partial charge is 0.258 e. The summed E-state index contributed by atoms with van der Waals surface area (Å²) >= 11 is 0. The normalized spacial score (nSPS) is 15.6. The summed E-state index contributed by atoms with van der Waals surface area (Å²) in [6, 6.07) is 16.3. The molecule has 5 rings (SSSR count). The molecular weight excluding hydrogens is 687 g/mol. The molecule has 1 N–H and O–H groups in total. The van der Waals surface area contributed by atoms with E-state index in [1.54, 1.807) is 31.3 Å². The van der Waals surface area contributed by atoms with Gasteiger partial charge in [-0.2, -0.15) is 4.31 Å². The molecule has 0 radical (unpaired) electrons. The van der Waals surface area contributed by atoms with E-state index in [4.69, 9.17) is 14.2 Å². The Bertz CT molecular complexity index is 1840. The summed E-state index contributed by atoms with van der Waals surface area (Å²) in [6.07, 6.45) is 2.96. The quantitative estimate of drug-likeness (QED) is 0.241. The second-order valence-corrected chi connectivity index (χ2v) is 15.0. The third-order valence-electron chi connectivity index (χ3n) is 9.35. The molecule has 280 valence electrons. The molecule has 14 heteroatoms. The molecule has 0 bridgehead atoms. The number of ether oxygens (including phenoxy) is 3. The number of unbranched alkanes of at least 4 members (excludes halogenated alkanes) is 2. The molecule has 3 amide bonds.